The highest BCUT2D eigenvalue weighted by Gasteiger charge is 1.74. The van der Waals surface area contributed by atoms with Crippen molar-refractivity contribution in [2.45, 2.75) is 12.8 Å². The number of rotatable bonds is 0. The molecule has 0 aromatic rings. The molecule has 0 fully saturated rings. The van der Waals surface area contributed by atoms with Crippen LogP contribution in [-0.4, -0.2) is 0 Å². The summed E-state index contributed by atoms with van der Waals surface area (Å²) in [5, 5.41) is 0. The first-order valence-corrected chi connectivity index (χ1v) is 6.98. The van der Waals surface area contributed by atoms with Crippen LogP contribution in [0.25, 0.3) is 0 Å². The van der Waals surface area contributed by atoms with Crippen molar-refractivity contribution in [2.75, 3.05) is 0 Å². The first-order valence-electron chi connectivity index (χ1n) is 6.98. The van der Waals surface area contributed by atoms with Crippen molar-refractivity contribution in [3.8, 4) is 0 Å². The van der Waals surface area contributed by atoms with Crippen molar-refractivity contribution in [2.24, 2.45) is 0 Å². The molecule has 1 aliphatic rings. The summed E-state index contributed by atoms with van der Waals surface area (Å²) < 4.78 is 0. The van der Waals surface area contributed by atoms with E-state index in [1.54, 1.807) is 0 Å². The maximum atomic E-state index is 2.18. The van der Waals surface area contributed by atoms with Crippen molar-refractivity contribution in [1.82, 2.24) is 0 Å². The van der Waals surface area contributed by atoms with Gasteiger partial charge in [0.1, 0.15) is 0 Å². The van der Waals surface area contributed by atoms with Gasteiger partial charge in [-0.1, -0.05) is 109 Å². The Kier molecular flexibility index (Phi) is 10.3. The van der Waals surface area contributed by atoms with Crippen LogP contribution in [0, 0.1) is 0 Å². The average molecular weight is 262 g/mol. The fraction of sp³-hybridized carbons (Fsp3) is 0.100. The SMILES string of the molecule is C1=CC=CC=CC=CC=CCCC=CC=CC=CC=C1. The van der Waals surface area contributed by atoms with Crippen molar-refractivity contribution in [1.29, 1.82) is 0 Å². The van der Waals surface area contributed by atoms with E-state index in [2.05, 4.69) is 36.5 Å². The number of hydrogen-bond acceptors (Lipinski definition) is 0. The molecule has 0 unspecified atom stereocenters. The second-order valence-electron chi connectivity index (χ2n) is 4.13. The largest absolute Gasteiger partial charge is 0.0842 e. The van der Waals surface area contributed by atoms with Crippen LogP contribution in [0.3, 0.4) is 0 Å². The minimum Gasteiger partial charge on any atom is -0.0842 e. The molecule has 1 rings (SSSR count). The van der Waals surface area contributed by atoms with Crippen molar-refractivity contribution >= 4 is 0 Å². The third kappa shape index (κ3) is 10.8. The topological polar surface area (TPSA) is 0 Å². The highest BCUT2D eigenvalue weighted by molar-refractivity contribution is 5.22. The van der Waals surface area contributed by atoms with Crippen LogP contribution in [0.2, 0.25) is 0 Å². The molecule has 0 heteroatoms. The molecule has 0 amide bonds. The molecular formula is C20H22. The normalized spacial score (nSPS) is 16.8. The van der Waals surface area contributed by atoms with Crippen LogP contribution < -0.4 is 0 Å². The van der Waals surface area contributed by atoms with Gasteiger partial charge in [-0.15, -0.1) is 0 Å². The van der Waals surface area contributed by atoms with Crippen LogP contribution in [0.4, 0.5) is 0 Å². The summed E-state index contributed by atoms with van der Waals surface area (Å²) in [7, 11) is 0. The lowest BCUT2D eigenvalue weighted by Crippen LogP contribution is -1.63. The lowest BCUT2D eigenvalue weighted by molar-refractivity contribution is 1.05. The second-order valence-corrected chi connectivity index (χ2v) is 4.13. The lowest BCUT2D eigenvalue weighted by Gasteiger charge is -1.84. The van der Waals surface area contributed by atoms with Crippen LogP contribution in [0.5, 0.6) is 0 Å². The number of allylic oxidation sites excluding steroid dienone is 18. The third-order valence-corrected chi connectivity index (χ3v) is 2.44. The molecule has 0 bridgehead atoms. The maximum absolute atomic E-state index is 2.18. The summed E-state index contributed by atoms with van der Waals surface area (Å²) in [6, 6.07) is 0. The van der Waals surface area contributed by atoms with E-state index in [1.807, 2.05) is 72.9 Å². The Labute approximate surface area is 122 Å². The third-order valence-electron chi connectivity index (χ3n) is 2.44. The molecular weight excluding hydrogens is 240 g/mol. The highest BCUT2D eigenvalue weighted by Crippen LogP contribution is 1.94. The monoisotopic (exact) mass is 262 g/mol. The molecule has 0 aromatic carbocycles. The van der Waals surface area contributed by atoms with Gasteiger partial charge in [-0.2, -0.15) is 0 Å². The standard InChI is InChI=1S/C20H22/c1-2-4-6-8-10-12-14-16-18-20-19-17-15-13-11-9-7-5-3-1/h1-18H,19-20H2. The summed E-state index contributed by atoms with van der Waals surface area (Å²) >= 11 is 0. The fourth-order valence-electron chi connectivity index (χ4n) is 1.44. The van der Waals surface area contributed by atoms with Gasteiger partial charge < -0.3 is 0 Å². The Balaban J connectivity index is 2.59. The van der Waals surface area contributed by atoms with Crippen molar-refractivity contribution in [3.05, 3.63) is 109 Å². The summed E-state index contributed by atoms with van der Waals surface area (Å²) in [5.74, 6) is 0. The van der Waals surface area contributed by atoms with E-state index in [4.69, 9.17) is 0 Å². The molecule has 0 radical (unpaired) electrons. The van der Waals surface area contributed by atoms with Gasteiger partial charge in [0.05, 0.1) is 0 Å². The predicted octanol–water partition coefficient (Wildman–Crippen LogP) is 5.79. The molecule has 0 aliphatic heterocycles. The Hall–Kier alpha value is -2.34. The fourth-order valence-corrected chi connectivity index (χ4v) is 1.44. The molecule has 1 aliphatic carbocycles. The summed E-state index contributed by atoms with van der Waals surface area (Å²) in [5.41, 5.74) is 0. The van der Waals surface area contributed by atoms with Gasteiger partial charge in [-0.3, -0.25) is 0 Å². The molecule has 0 heterocycles. The molecule has 0 spiro atoms. The Bertz CT molecular complexity index is 440. The van der Waals surface area contributed by atoms with Gasteiger partial charge in [0, 0.05) is 0 Å². The maximum Gasteiger partial charge on any atom is -0.0313 e. The first kappa shape index (κ1) is 15.7. The zero-order valence-corrected chi connectivity index (χ0v) is 11.8. The van der Waals surface area contributed by atoms with Crippen LogP contribution >= 0.6 is 0 Å². The predicted molar refractivity (Wildman–Crippen MR) is 91.5 cm³/mol. The molecule has 20 heavy (non-hydrogen) atoms. The Morgan fingerprint density at radius 2 is 0.450 bits per heavy atom. The molecule has 0 nitrogen and oxygen atoms in total. The molecule has 0 N–H and O–H groups in total. The van der Waals surface area contributed by atoms with Crippen LogP contribution in [0.15, 0.2) is 109 Å². The van der Waals surface area contributed by atoms with E-state index in [9.17, 15) is 0 Å². The molecule has 102 valence electrons. The average Bonchev–Trinajstić information content (AvgIpc) is 2.46. The van der Waals surface area contributed by atoms with Crippen LogP contribution in [0.1, 0.15) is 12.8 Å². The van der Waals surface area contributed by atoms with E-state index in [1.165, 1.54) is 0 Å². The second kappa shape index (κ2) is 13.1. The van der Waals surface area contributed by atoms with Gasteiger partial charge in [0.25, 0.3) is 0 Å². The van der Waals surface area contributed by atoms with Gasteiger partial charge in [-0.25, -0.2) is 0 Å². The zero-order valence-electron chi connectivity index (χ0n) is 11.8. The molecule has 0 aromatic heterocycles. The summed E-state index contributed by atoms with van der Waals surface area (Å²) in [4.78, 5) is 0. The van der Waals surface area contributed by atoms with Crippen molar-refractivity contribution in [3.63, 3.8) is 0 Å². The minimum absolute atomic E-state index is 1.07. The van der Waals surface area contributed by atoms with E-state index >= 15 is 0 Å². The quantitative estimate of drug-likeness (QED) is 0.518. The zero-order chi connectivity index (χ0) is 14.1. The van der Waals surface area contributed by atoms with E-state index in [0.717, 1.165) is 12.8 Å². The van der Waals surface area contributed by atoms with E-state index in [0.29, 0.717) is 0 Å². The Morgan fingerprint density at radius 1 is 0.250 bits per heavy atom. The van der Waals surface area contributed by atoms with Gasteiger partial charge in [-0.05, 0) is 12.8 Å². The van der Waals surface area contributed by atoms with Crippen LogP contribution in [-0.2, 0) is 0 Å². The molecule has 0 saturated heterocycles. The molecule has 0 saturated carbocycles. The number of hydrogen-bond donors (Lipinski definition) is 0. The van der Waals surface area contributed by atoms with Gasteiger partial charge in [0.15, 0.2) is 0 Å². The summed E-state index contributed by atoms with van der Waals surface area (Å²) in [6.07, 6.45) is 39.0. The van der Waals surface area contributed by atoms with Gasteiger partial charge in [0.2, 0.25) is 0 Å². The lowest BCUT2D eigenvalue weighted by atomic mass is 10.2. The van der Waals surface area contributed by atoms with E-state index in [-0.39, 0.29) is 0 Å². The first-order chi connectivity index (χ1) is 10.0. The Morgan fingerprint density at radius 3 is 0.700 bits per heavy atom. The smallest absolute Gasteiger partial charge is 0.0313 e. The highest BCUT2D eigenvalue weighted by atomic mass is 13.8. The minimum atomic E-state index is 1.07. The van der Waals surface area contributed by atoms with E-state index < -0.39 is 0 Å². The van der Waals surface area contributed by atoms with Crippen molar-refractivity contribution < 1.29 is 0 Å². The molecule has 0 atom stereocenters. The summed E-state index contributed by atoms with van der Waals surface area (Å²) in [6.45, 7) is 0. The van der Waals surface area contributed by atoms with Gasteiger partial charge >= 0.3 is 0 Å².